The van der Waals surface area contributed by atoms with E-state index in [2.05, 4.69) is 14.9 Å². The topological polar surface area (TPSA) is 38.2 Å². The first-order valence-electron chi connectivity index (χ1n) is 6.93. The van der Waals surface area contributed by atoms with Crippen molar-refractivity contribution in [2.24, 2.45) is 5.92 Å². The second-order valence-corrected chi connectivity index (χ2v) is 6.29. The highest BCUT2D eigenvalue weighted by Gasteiger charge is 2.25. The minimum absolute atomic E-state index is 0.344. The number of hydrogen-bond acceptors (Lipinski definition) is 4. The molecule has 2 rings (SSSR count). The van der Waals surface area contributed by atoms with Crippen molar-refractivity contribution in [1.82, 2.24) is 14.9 Å². The summed E-state index contributed by atoms with van der Waals surface area (Å²) in [5.74, 6) is 1.01. The molecule has 1 fully saturated rings. The number of aromatic nitrogens is 2. The molecule has 1 aromatic heterocycles. The maximum atomic E-state index is 13.6. The summed E-state index contributed by atoms with van der Waals surface area (Å²) < 4.78 is 19.3. The van der Waals surface area contributed by atoms with Crippen LogP contribution in [0.5, 0.6) is 5.75 Å². The highest BCUT2D eigenvalue weighted by Crippen LogP contribution is 2.24. The van der Waals surface area contributed by atoms with Crippen LogP contribution in [0.25, 0.3) is 0 Å². The molecule has 0 radical (unpaired) electrons. The van der Waals surface area contributed by atoms with E-state index in [1.807, 2.05) is 0 Å². The van der Waals surface area contributed by atoms with Crippen LogP contribution < -0.4 is 4.74 Å². The minimum Gasteiger partial charge on any atom is -0.488 e. The normalized spacial score (nSPS) is 18.2. The number of halogens is 2. The summed E-state index contributed by atoms with van der Waals surface area (Å²) in [6.45, 7) is 6.19. The first kappa shape index (κ1) is 15.4. The van der Waals surface area contributed by atoms with Gasteiger partial charge in [-0.3, -0.25) is 0 Å². The van der Waals surface area contributed by atoms with Gasteiger partial charge in [0.2, 0.25) is 0 Å². The van der Waals surface area contributed by atoms with Gasteiger partial charge in [0.1, 0.15) is 12.0 Å². The van der Waals surface area contributed by atoms with E-state index < -0.39 is 5.67 Å². The van der Waals surface area contributed by atoms with E-state index in [0.29, 0.717) is 30.0 Å². The molecule has 1 aromatic rings. The molecule has 0 amide bonds. The number of ether oxygens (including phenoxy) is 1. The Kier molecular flexibility index (Phi) is 5.16. The van der Waals surface area contributed by atoms with Crippen LogP contribution in [-0.2, 0) is 0 Å². The van der Waals surface area contributed by atoms with Gasteiger partial charge in [0, 0.05) is 6.54 Å². The average molecular weight is 302 g/mol. The Bertz CT molecular complexity index is 431. The fourth-order valence-electron chi connectivity index (χ4n) is 2.45. The minimum atomic E-state index is -1.13. The van der Waals surface area contributed by atoms with Crippen molar-refractivity contribution in [1.29, 1.82) is 0 Å². The van der Waals surface area contributed by atoms with Gasteiger partial charge < -0.3 is 9.64 Å². The fourth-order valence-corrected chi connectivity index (χ4v) is 2.60. The zero-order chi connectivity index (χ0) is 14.6. The van der Waals surface area contributed by atoms with Gasteiger partial charge in [0.15, 0.2) is 10.9 Å². The van der Waals surface area contributed by atoms with Crippen LogP contribution in [0.4, 0.5) is 4.39 Å². The molecular formula is C14H21ClFN3O. The molecule has 1 aliphatic heterocycles. The molecule has 0 unspecified atom stereocenters. The van der Waals surface area contributed by atoms with Crippen LogP contribution in [0.15, 0.2) is 12.5 Å². The first-order chi connectivity index (χ1) is 9.44. The predicted molar refractivity (Wildman–Crippen MR) is 76.9 cm³/mol. The maximum absolute atomic E-state index is 13.6. The van der Waals surface area contributed by atoms with Gasteiger partial charge in [0.05, 0.1) is 12.8 Å². The van der Waals surface area contributed by atoms with E-state index in [9.17, 15) is 4.39 Å². The molecule has 1 aliphatic rings. The standard InChI is InChI=1S/C14H21ClFN3O/c1-14(2,16)9-19-5-3-11(4-6-19)8-20-12-7-17-10-18-13(12)15/h7,10-11H,3-6,8-9H2,1-2H3. The third kappa shape index (κ3) is 4.87. The van der Waals surface area contributed by atoms with Gasteiger partial charge >= 0.3 is 0 Å². The number of piperidine rings is 1. The summed E-state index contributed by atoms with van der Waals surface area (Å²) in [6.07, 6.45) is 5.01. The third-order valence-corrected chi connectivity index (χ3v) is 3.70. The molecule has 2 heterocycles. The Morgan fingerprint density at radius 2 is 2.15 bits per heavy atom. The Morgan fingerprint density at radius 3 is 2.75 bits per heavy atom. The van der Waals surface area contributed by atoms with Gasteiger partial charge in [-0.15, -0.1) is 0 Å². The quantitative estimate of drug-likeness (QED) is 0.784. The van der Waals surface area contributed by atoms with Crippen molar-refractivity contribution in [3.63, 3.8) is 0 Å². The highest BCUT2D eigenvalue weighted by molar-refractivity contribution is 6.30. The van der Waals surface area contributed by atoms with Crippen LogP contribution in [0.2, 0.25) is 5.15 Å². The molecule has 1 saturated heterocycles. The number of nitrogens with zero attached hydrogens (tertiary/aromatic N) is 3. The van der Waals surface area contributed by atoms with E-state index in [1.165, 1.54) is 6.33 Å². The van der Waals surface area contributed by atoms with Crippen LogP contribution in [0.1, 0.15) is 26.7 Å². The predicted octanol–water partition coefficient (Wildman–Crippen LogP) is 2.97. The lowest BCUT2D eigenvalue weighted by Gasteiger charge is -2.34. The smallest absolute Gasteiger partial charge is 0.174 e. The van der Waals surface area contributed by atoms with Crippen molar-refractivity contribution < 1.29 is 9.13 Å². The molecule has 4 nitrogen and oxygen atoms in total. The Morgan fingerprint density at radius 1 is 1.45 bits per heavy atom. The van der Waals surface area contributed by atoms with Crippen LogP contribution in [0, 0.1) is 5.92 Å². The first-order valence-corrected chi connectivity index (χ1v) is 7.31. The number of hydrogen-bond donors (Lipinski definition) is 0. The Labute approximate surface area is 124 Å². The van der Waals surface area contributed by atoms with Crippen LogP contribution >= 0.6 is 11.6 Å². The second kappa shape index (κ2) is 6.68. The van der Waals surface area contributed by atoms with E-state index in [1.54, 1.807) is 20.0 Å². The largest absolute Gasteiger partial charge is 0.488 e. The lowest BCUT2D eigenvalue weighted by molar-refractivity contribution is 0.0835. The van der Waals surface area contributed by atoms with Gasteiger partial charge in [-0.2, -0.15) is 0 Å². The van der Waals surface area contributed by atoms with E-state index >= 15 is 0 Å². The van der Waals surface area contributed by atoms with Crippen molar-refractivity contribution >= 4 is 11.6 Å². The molecular weight excluding hydrogens is 281 g/mol. The molecule has 112 valence electrons. The van der Waals surface area contributed by atoms with E-state index in [0.717, 1.165) is 25.9 Å². The molecule has 0 atom stereocenters. The van der Waals surface area contributed by atoms with E-state index in [-0.39, 0.29) is 0 Å². The fraction of sp³-hybridized carbons (Fsp3) is 0.714. The summed E-state index contributed by atoms with van der Waals surface area (Å²) in [5.41, 5.74) is -1.13. The monoisotopic (exact) mass is 301 g/mol. The van der Waals surface area contributed by atoms with Crippen molar-refractivity contribution in [2.45, 2.75) is 32.4 Å². The van der Waals surface area contributed by atoms with Crippen molar-refractivity contribution in [2.75, 3.05) is 26.2 Å². The second-order valence-electron chi connectivity index (χ2n) is 5.93. The zero-order valence-electron chi connectivity index (χ0n) is 12.0. The summed E-state index contributed by atoms with van der Waals surface area (Å²) >= 11 is 5.91. The molecule has 0 aliphatic carbocycles. The van der Waals surface area contributed by atoms with Crippen molar-refractivity contribution in [3.8, 4) is 5.75 Å². The van der Waals surface area contributed by atoms with Crippen LogP contribution in [0.3, 0.4) is 0 Å². The Hall–Kier alpha value is -0.940. The molecule has 20 heavy (non-hydrogen) atoms. The lowest BCUT2D eigenvalue weighted by atomic mass is 9.97. The SMILES string of the molecule is CC(C)(F)CN1CCC(COc2cncnc2Cl)CC1. The van der Waals surface area contributed by atoms with Crippen LogP contribution in [-0.4, -0.2) is 46.8 Å². The number of rotatable bonds is 5. The molecule has 0 saturated carbocycles. The summed E-state index contributed by atoms with van der Waals surface area (Å²) in [7, 11) is 0. The Balaban J connectivity index is 1.74. The highest BCUT2D eigenvalue weighted by atomic mass is 35.5. The molecule has 0 aromatic carbocycles. The zero-order valence-corrected chi connectivity index (χ0v) is 12.7. The third-order valence-electron chi connectivity index (χ3n) is 3.41. The van der Waals surface area contributed by atoms with Gasteiger partial charge in [-0.1, -0.05) is 11.6 Å². The van der Waals surface area contributed by atoms with Crippen molar-refractivity contribution in [3.05, 3.63) is 17.7 Å². The van der Waals surface area contributed by atoms with Gasteiger partial charge in [-0.25, -0.2) is 14.4 Å². The molecule has 0 spiro atoms. The molecule has 6 heteroatoms. The lowest BCUT2D eigenvalue weighted by Crippen LogP contribution is -2.41. The summed E-state index contributed by atoms with van der Waals surface area (Å²) in [6, 6.07) is 0. The number of alkyl halides is 1. The molecule has 0 bridgehead atoms. The molecule has 0 N–H and O–H groups in total. The average Bonchev–Trinajstić information content (AvgIpc) is 2.38. The summed E-state index contributed by atoms with van der Waals surface area (Å²) in [5, 5.41) is 0.344. The van der Waals surface area contributed by atoms with Gasteiger partial charge in [0.25, 0.3) is 0 Å². The maximum Gasteiger partial charge on any atom is 0.174 e. The van der Waals surface area contributed by atoms with E-state index in [4.69, 9.17) is 16.3 Å². The number of likely N-dealkylation sites (tertiary alicyclic amines) is 1. The summed E-state index contributed by atoms with van der Waals surface area (Å²) in [4.78, 5) is 9.94. The van der Waals surface area contributed by atoms with Gasteiger partial charge in [-0.05, 0) is 45.7 Å².